The molecule has 144 valence electrons. The molecule has 8 heteroatoms. The van der Waals surface area contributed by atoms with Gasteiger partial charge in [-0.3, -0.25) is 9.59 Å². The van der Waals surface area contributed by atoms with E-state index in [0.29, 0.717) is 17.5 Å². The van der Waals surface area contributed by atoms with Crippen molar-refractivity contribution in [3.63, 3.8) is 0 Å². The van der Waals surface area contributed by atoms with Crippen LogP contribution in [0.1, 0.15) is 18.9 Å². The number of anilines is 1. The summed E-state index contributed by atoms with van der Waals surface area (Å²) >= 11 is 1.18. The van der Waals surface area contributed by atoms with E-state index in [4.69, 9.17) is 4.74 Å². The van der Waals surface area contributed by atoms with Crippen molar-refractivity contribution in [1.29, 1.82) is 0 Å². The molecule has 0 aliphatic carbocycles. The first-order chi connectivity index (χ1) is 13.6. The predicted octanol–water partition coefficient (Wildman–Crippen LogP) is 3.04. The largest absolute Gasteiger partial charge is 0.494 e. The number of ether oxygens (including phenoxy) is 1. The molecule has 0 aromatic heterocycles. The summed E-state index contributed by atoms with van der Waals surface area (Å²) in [5.74, 6) is 0.209. The van der Waals surface area contributed by atoms with Gasteiger partial charge >= 0.3 is 0 Å². The molecule has 1 aliphatic rings. The number of amidine groups is 1. The molecule has 0 spiro atoms. The third-order valence-electron chi connectivity index (χ3n) is 3.75. The standard InChI is InChI=1S/C20H20N4O3S/c1-2-27-16-10-8-15(9-11-16)22-19(26)17-12-18(25)23-20(28-17)24-21-13-14-6-4-3-5-7-14/h3-11,13,17H,2,12H2,1H3,(H,22,26)(H,23,24,25)/b21-13-/t17-/m0/s1. The molecule has 1 fully saturated rings. The SMILES string of the molecule is CCOc1ccc(NC(=O)[C@@H]2CC(=O)N/C(=N\N=C/c3ccccc3)S2)cc1. The Bertz CT molecular complexity index is 882. The van der Waals surface area contributed by atoms with Crippen LogP contribution in [0, 0.1) is 0 Å². The van der Waals surface area contributed by atoms with Crippen molar-refractivity contribution in [2.45, 2.75) is 18.6 Å². The fraction of sp³-hybridized carbons (Fsp3) is 0.200. The quantitative estimate of drug-likeness (QED) is 0.580. The summed E-state index contributed by atoms with van der Waals surface area (Å²) in [6, 6.07) is 16.6. The highest BCUT2D eigenvalue weighted by Gasteiger charge is 2.30. The number of amides is 2. The van der Waals surface area contributed by atoms with Gasteiger partial charge in [0.05, 0.1) is 12.8 Å². The second-order valence-corrected chi connectivity index (χ2v) is 7.06. The first-order valence-corrected chi connectivity index (χ1v) is 9.68. The van der Waals surface area contributed by atoms with Crippen LogP contribution in [0.3, 0.4) is 0 Å². The lowest BCUT2D eigenvalue weighted by molar-refractivity contribution is -0.123. The zero-order chi connectivity index (χ0) is 19.8. The van der Waals surface area contributed by atoms with Gasteiger partial charge in [-0.25, -0.2) is 0 Å². The lowest BCUT2D eigenvalue weighted by Crippen LogP contribution is -2.41. The third-order valence-corrected chi connectivity index (χ3v) is 4.82. The molecule has 0 saturated carbocycles. The maximum Gasteiger partial charge on any atom is 0.238 e. The molecule has 1 saturated heterocycles. The van der Waals surface area contributed by atoms with E-state index in [9.17, 15) is 9.59 Å². The molecule has 2 aromatic carbocycles. The number of hydrogen-bond donors (Lipinski definition) is 2. The van der Waals surface area contributed by atoms with Gasteiger partial charge in [-0.05, 0) is 36.8 Å². The highest BCUT2D eigenvalue weighted by Crippen LogP contribution is 2.23. The highest BCUT2D eigenvalue weighted by atomic mass is 32.2. The van der Waals surface area contributed by atoms with Gasteiger partial charge < -0.3 is 15.4 Å². The first kappa shape index (κ1) is 19.6. The number of rotatable bonds is 6. The average molecular weight is 396 g/mol. The van der Waals surface area contributed by atoms with Gasteiger partial charge in [0.15, 0.2) is 5.17 Å². The van der Waals surface area contributed by atoms with E-state index in [2.05, 4.69) is 20.8 Å². The van der Waals surface area contributed by atoms with Crippen molar-refractivity contribution < 1.29 is 14.3 Å². The van der Waals surface area contributed by atoms with Gasteiger partial charge in [-0.15, -0.1) is 5.10 Å². The second-order valence-electron chi connectivity index (χ2n) is 5.87. The number of nitrogens with one attached hydrogen (secondary N) is 2. The van der Waals surface area contributed by atoms with E-state index in [-0.39, 0.29) is 18.2 Å². The van der Waals surface area contributed by atoms with Crippen LogP contribution in [0.2, 0.25) is 0 Å². The van der Waals surface area contributed by atoms with Crippen LogP contribution in [-0.4, -0.2) is 35.1 Å². The summed E-state index contributed by atoms with van der Waals surface area (Å²) in [7, 11) is 0. The molecule has 0 unspecified atom stereocenters. The minimum Gasteiger partial charge on any atom is -0.494 e. The number of carbonyl (C=O) groups is 2. The number of nitrogens with zero attached hydrogens (tertiary/aromatic N) is 2. The molecule has 1 aliphatic heterocycles. The number of carbonyl (C=O) groups excluding carboxylic acids is 2. The van der Waals surface area contributed by atoms with Crippen LogP contribution < -0.4 is 15.4 Å². The Hall–Kier alpha value is -3.13. The Balaban J connectivity index is 1.61. The van der Waals surface area contributed by atoms with Crippen LogP contribution in [0.25, 0.3) is 0 Å². The molecule has 2 amide bonds. The monoisotopic (exact) mass is 396 g/mol. The van der Waals surface area contributed by atoms with E-state index in [0.717, 1.165) is 11.3 Å². The summed E-state index contributed by atoms with van der Waals surface area (Å²) in [5, 5.41) is 13.2. The zero-order valence-corrected chi connectivity index (χ0v) is 16.1. The average Bonchev–Trinajstić information content (AvgIpc) is 2.70. The zero-order valence-electron chi connectivity index (χ0n) is 15.3. The topological polar surface area (TPSA) is 92.1 Å². The Morgan fingerprint density at radius 1 is 1.25 bits per heavy atom. The van der Waals surface area contributed by atoms with Crippen LogP contribution >= 0.6 is 11.8 Å². The summed E-state index contributed by atoms with van der Waals surface area (Å²) in [4.78, 5) is 24.5. The molecule has 7 nitrogen and oxygen atoms in total. The van der Waals surface area contributed by atoms with Gasteiger partial charge in [0.2, 0.25) is 11.8 Å². The van der Waals surface area contributed by atoms with Crippen molar-refractivity contribution in [3.8, 4) is 5.75 Å². The van der Waals surface area contributed by atoms with Gasteiger partial charge in [0.1, 0.15) is 11.0 Å². The smallest absolute Gasteiger partial charge is 0.238 e. The van der Waals surface area contributed by atoms with Crippen LogP contribution in [0.15, 0.2) is 64.8 Å². The molecule has 0 bridgehead atoms. The summed E-state index contributed by atoms with van der Waals surface area (Å²) in [6.07, 6.45) is 1.66. The number of thioether (sulfide) groups is 1. The lowest BCUT2D eigenvalue weighted by Gasteiger charge is -2.21. The molecule has 1 atom stereocenters. The second kappa shape index (κ2) is 9.70. The molecule has 28 heavy (non-hydrogen) atoms. The Labute approximate surface area is 167 Å². The number of hydrogen-bond acceptors (Lipinski definition) is 6. The normalized spacial score (nSPS) is 18.1. The Morgan fingerprint density at radius 3 is 2.71 bits per heavy atom. The lowest BCUT2D eigenvalue weighted by atomic mass is 10.2. The highest BCUT2D eigenvalue weighted by molar-refractivity contribution is 8.15. The van der Waals surface area contributed by atoms with Gasteiger partial charge in [0.25, 0.3) is 0 Å². The van der Waals surface area contributed by atoms with Crippen LogP contribution in [0.4, 0.5) is 5.69 Å². The maximum absolute atomic E-state index is 12.5. The predicted molar refractivity (Wildman–Crippen MR) is 112 cm³/mol. The third kappa shape index (κ3) is 5.68. The van der Waals surface area contributed by atoms with Crippen LogP contribution in [0.5, 0.6) is 5.75 Å². The van der Waals surface area contributed by atoms with Crippen molar-refractivity contribution in [2.24, 2.45) is 10.2 Å². The Kier molecular flexibility index (Phi) is 6.80. The molecule has 3 rings (SSSR count). The van der Waals surface area contributed by atoms with Crippen molar-refractivity contribution in [1.82, 2.24) is 5.32 Å². The van der Waals surface area contributed by atoms with Crippen molar-refractivity contribution >= 4 is 40.6 Å². The Morgan fingerprint density at radius 2 is 2.00 bits per heavy atom. The minimum absolute atomic E-state index is 0.0783. The summed E-state index contributed by atoms with van der Waals surface area (Å²) < 4.78 is 5.38. The molecule has 2 aromatic rings. The van der Waals surface area contributed by atoms with Crippen molar-refractivity contribution in [3.05, 3.63) is 60.2 Å². The van der Waals surface area contributed by atoms with Gasteiger partial charge in [0, 0.05) is 12.1 Å². The maximum atomic E-state index is 12.5. The molecular formula is C20H20N4O3S. The summed E-state index contributed by atoms with van der Waals surface area (Å²) in [5.41, 5.74) is 1.53. The summed E-state index contributed by atoms with van der Waals surface area (Å²) in [6.45, 7) is 2.48. The first-order valence-electron chi connectivity index (χ1n) is 8.80. The van der Waals surface area contributed by atoms with E-state index >= 15 is 0 Å². The molecule has 0 radical (unpaired) electrons. The molecule has 2 N–H and O–H groups in total. The fourth-order valence-corrected chi connectivity index (χ4v) is 3.39. The van der Waals surface area contributed by atoms with Gasteiger partial charge in [-0.1, -0.05) is 42.1 Å². The molecular weight excluding hydrogens is 376 g/mol. The fourth-order valence-electron chi connectivity index (χ4n) is 2.45. The minimum atomic E-state index is -0.578. The van der Waals surface area contributed by atoms with E-state index in [1.165, 1.54) is 11.8 Å². The van der Waals surface area contributed by atoms with E-state index in [1.54, 1.807) is 30.5 Å². The van der Waals surface area contributed by atoms with Gasteiger partial charge in [-0.2, -0.15) is 5.10 Å². The molecule has 1 heterocycles. The van der Waals surface area contributed by atoms with E-state index < -0.39 is 5.25 Å². The van der Waals surface area contributed by atoms with Crippen LogP contribution in [-0.2, 0) is 9.59 Å². The number of benzene rings is 2. The van der Waals surface area contributed by atoms with E-state index in [1.807, 2.05) is 37.3 Å². The van der Waals surface area contributed by atoms with Crippen molar-refractivity contribution in [2.75, 3.05) is 11.9 Å².